The van der Waals surface area contributed by atoms with Gasteiger partial charge in [0.15, 0.2) is 5.96 Å². The van der Waals surface area contributed by atoms with E-state index in [0.29, 0.717) is 51.6 Å². The van der Waals surface area contributed by atoms with Crippen LogP contribution in [0.15, 0.2) is 4.99 Å². The summed E-state index contributed by atoms with van der Waals surface area (Å²) in [5.41, 5.74) is 21.5. The Morgan fingerprint density at radius 1 is 1.15 bits per heavy atom. The van der Waals surface area contributed by atoms with Crippen LogP contribution < -0.4 is 28.3 Å². The number of rotatable bonds is 15. The van der Waals surface area contributed by atoms with E-state index in [9.17, 15) is 24.3 Å². The first-order valence-corrected chi connectivity index (χ1v) is 11.8. The number of guanidine groups is 1. The Hall–Kier alpha value is -2.93. The number of likely N-dealkylation sites (tertiary alicyclic amines) is 1. The molecule has 10 N–H and O–H groups in total. The van der Waals surface area contributed by atoms with Crippen molar-refractivity contribution >= 4 is 29.7 Å². The molecule has 194 valence electrons. The van der Waals surface area contributed by atoms with E-state index in [2.05, 4.69) is 10.3 Å². The summed E-state index contributed by atoms with van der Waals surface area (Å²) in [6.45, 7) is 2.66. The van der Waals surface area contributed by atoms with E-state index in [1.807, 2.05) is 0 Å². The van der Waals surface area contributed by atoms with E-state index >= 15 is 0 Å². The van der Waals surface area contributed by atoms with Crippen molar-refractivity contribution in [3.8, 4) is 0 Å². The fourth-order valence-corrected chi connectivity index (χ4v) is 4.12. The number of carboxylic acids is 1. The van der Waals surface area contributed by atoms with Gasteiger partial charge in [0, 0.05) is 19.6 Å². The van der Waals surface area contributed by atoms with Gasteiger partial charge in [-0.3, -0.25) is 19.4 Å². The number of carboxylic acid groups (broad SMARTS) is 1. The molecule has 34 heavy (non-hydrogen) atoms. The molecule has 0 aromatic heterocycles. The molecule has 13 nitrogen and oxygen atoms in total. The molecule has 0 aliphatic carbocycles. The monoisotopic (exact) mass is 484 g/mol. The van der Waals surface area contributed by atoms with Crippen LogP contribution in [-0.2, 0) is 19.2 Å². The van der Waals surface area contributed by atoms with E-state index in [1.165, 1.54) is 9.80 Å². The second kappa shape index (κ2) is 15.1. The molecule has 1 saturated heterocycles. The van der Waals surface area contributed by atoms with Gasteiger partial charge in [-0.05, 0) is 58.4 Å². The number of hydrogen-bond acceptors (Lipinski definition) is 7. The van der Waals surface area contributed by atoms with Crippen molar-refractivity contribution in [2.75, 3.05) is 32.7 Å². The quantitative estimate of drug-likeness (QED) is 0.0849. The minimum absolute atomic E-state index is 0.0850. The van der Waals surface area contributed by atoms with E-state index in [-0.39, 0.29) is 37.9 Å². The van der Waals surface area contributed by atoms with E-state index in [4.69, 9.17) is 22.9 Å². The maximum atomic E-state index is 13.4. The Balaban J connectivity index is 3.00. The highest BCUT2D eigenvalue weighted by Gasteiger charge is 2.41. The predicted molar refractivity (Wildman–Crippen MR) is 127 cm³/mol. The van der Waals surface area contributed by atoms with Gasteiger partial charge < -0.3 is 43.2 Å². The van der Waals surface area contributed by atoms with Gasteiger partial charge in [0.05, 0.1) is 6.54 Å². The number of carbonyl (C=O) groups excluding carboxylic acids is 3. The van der Waals surface area contributed by atoms with Gasteiger partial charge in [0.2, 0.25) is 17.7 Å². The number of nitrogens with zero attached hydrogens (tertiary/aromatic N) is 3. The predicted octanol–water partition coefficient (Wildman–Crippen LogP) is -2.09. The van der Waals surface area contributed by atoms with Crippen molar-refractivity contribution < 1.29 is 24.3 Å². The molecule has 1 fully saturated rings. The van der Waals surface area contributed by atoms with Gasteiger partial charge in [-0.15, -0.1) is 0 Å². The largest absolute Gasteiger partial charge is 0.480 e. The highest BCUT2D eigenvalue weighted by Crippen LogP contribution is 2.23. The Labute approximate surface area is 200 Å². The third-order valence-electron chi connectivity index (χ3n) is 5.80. The van der Waals surface area contributed by atoms with Crippen molar-refractivity contribution in [1.82, 2.24) is 15.1 Å². The zero-order valence-electron chi connectivity index (χ0n) is 19.9. The van der Waals surface area contributed by atoms with Crippen LogP contribution in [0.3, 0.4) is 0 Å². The molecule has 1 aliphatic heterocycles. The molecule has 13 heteroatoms. The van der Waals surface area contributed by atoms with Crippen LogP contribution in [0.25, 0.3) is 0 Å². The van der Waals surface area contributed by atoms with Crippen LogP contribution in [-0.4, -0.2) is 95.4 Å². The molecule has 0 radical (unpaired) electrons. The Morgan fingerprint density at radius 2 is 1.85 bits per heavy atom. The zero-order valence-corrected chi connectivity index (χ0v) is 19.9. The summed E-state index contributed by atoms with van der Waals surface area (Å²) < 4.78 is 0. The summed E-state index contributed by atoms with van der Waals surface area (Å²) in [5, 5.41) is 12.4. The molecular weight excluding hydrogens is 444 g/mol. The molecule has 0 aromatic rings. The second-order valence-electron chi connectivity index (χ2n) is 8.23. The maximum Gasteiger partial charge on any atom is 0.326 e. The molecule has 0 bridgehead atoms. The number of carbonyl (C=O) groups is 4. The zero-order chi connectivity index (χ0) is 25.7. The Bertz CT molecular complexity index is 728. The van der Waals surface area contributed by atoms with Gasteiger partial charge in [0.25, 0.3) is 0 Å². The SMILES string of the molecule is CCN(C(=O)[C@@H]1CCCN1C(=O)[C@H](CCCCN)NC(=O)CN)[C@@H](CCCN=C(N)N)C(=O)O. The first kappa shape index (κ1) is 29.1. The third kappa shape index (κ3) is 8.78. The highest BCUT2D eigenvalue weighted by atomic mass is 16.4. The van der Waals surface area contributed by atoms with Crippen LogP contribution in [0, 0.1) is 0 Å². The van der Waals surface area contributed by atoms with E-state index < -0.39 is 35.9 Å². The molecule has 0 aromatic carbocycles. The lowest BCUT2D eigenvalue weighted by molar-refractivity contribution is -0.154. The summed E-state index contributed by atoms with van der Waals surface area (Å²) in [7, 11) is 0. The molecule has 0 spiro atoms. The lowest BCUT2D eigenvalue weighted by Gasteiger charge is -2.34. The number of aliphatic imine (C=N–C) groups is 1. The molecule has 0 saturated carbocycles. The first-order chi connectivity index (χ1) is 16.2. The normalized spacial score (nSPS) is 17.0. The molecule has 1 aliphatic rings. The maximum absolute atomic E-state index is 13.4. The second-order valence-corrected chi connectivity index (χ2v) is 8.23. The topological polar surface area (TPSA) is 223 Å². The molecular formula is C21H40N8O5. The van der Waals surface area contributed by atoms with Crippen molar-refractivity contribution in [2.45, 2.75) is 70.0 Å². The van der Waals surface area contributed by atoms with Gasteiger partial charge in [-0.2, -0.15) is 0 Å². The third-order valence-corrected chi connectivity index (χ3v) is 5.80. The average molecular weight is 485 g/mol. The standard InChI is InChI=1S/C21H40N8O5/c1-2-28(16(20(33)34)8-5-11-26-21(24)25)19(32)15-9-6-12-29(15)18(31)14(7-3-4-10-22)27-17(30)13-23/h14-16H,2-13,22-23H2,1H3,(H,27,30)(H,33,34)(H4,24,25,26)/t14-,15-,16-/m0/s1. The molecule has 1 rings (SSSR count). The fraction of sp³-hybridized carbons (Fsp3) is 0.762. The van der Waals surface area contributed by atoms with Crippen LogP contribution in [0.5, 0.6) is 0 Å². The smallest absolute Gasteiger partial charge is 0.326 e. The summed E-state index contributed by atoms with van der Waals surface area (Å²) in [5.74, 6) is -2.47. The molecule has 3 amide bonds. The number of unbranched alkanes of at least 4 members (excludes halogenated alkanes) is 1. The number of amides is 3. The number of aliphatic carboxylic acids is 1. The molecule has 3 atom stereocenters. The van der Waals surface area contributed by atoms with Gasteiger partial charge in [-0.25, -0.2) is 4.79 Å². The lowest BCUT2D eigenvalue weighted by atomic mass is 10.1. The summed E-state index contributed by atoms with van der Waals surface area (Å²) in [4.78, 5) is 57.1. The number of likely N-dealkylation sites (N-methyl/N-ethyl adjacent to an activating group) is 1. The number of nitrogens with one attached hydrogen (secondary N) is 1. The lowest BCUT2D eigenvalue weighted by Crippen LogP contribution is -2.56. The number of hydrogen-bond donors (Lipinski definition) is 6. The minimum Gasteiger partial charge on any atom is -0.480 e. The van der Waals surface area contributed by atoms with E-state index in [0.717, 1.165) is 0 Å². The Morgan fingerprint density at radius 3 is 2.41 bits per heavy atom. The van der Waals surface area contributed by atoms with Crippen LogP contribution in [0.2, 0.25) is 0 Å². The molecule has 1 heterocycles. The van der Waals surface area contributed by atoms with Crippen molar-refractivity contribution in [2.24, 2.45) is 27.9 Å². The van der Waals surface area contributed by atoms with Crippen molar-refractivity contribution in [1.29, 1.82) is 0 Å². The van der Waals surface area contributed by atoms with Crippen molar-refractivity contribution in [3.63, 3.8) is 0 Å². The van der Waals surface area contributed by atoms with Crippen molar-refractivity contribution in [3.05, 3.63) is 0 Å². The molecule has 0 unspecified atom stereocenters. The fourth-order valence-electron chi connectivity index (χ4n) is 4.12. The summed E-state index contributed by atoms with van der Waals surface area (Å²) in [6.07, 6.45) is 3.25. The summed E-state index contributed by atoms with van der Waals surface area (Å²) >= 11 is 0. The van der Waals surface area contributed by atoms with Crippen LogP contribution in [0.4, 0.5) is 0 Å². The first-order valence-electron chi connectivity index (χ1n) is 11.8. The van der Waals surface area contributed by atoms with Gasteiger partial charge in [-0.1, -0.05) is 0 Å². The summed E-state index contributed by atoms with van der Waals surface area (Å²) in [6, 6.07) is -2.68. The Kier molecular flexibility index (Phi) is 12.9. The highest BCUT2D eigenvalue weighted by molar-refractivity contribution is 5.94. The average Bonchev–Trinajstić information content (AvgIpc) is 3.29. The number of nitrogens with two attached hydrogens (primary N) is 4. The minimum atomic E-state index is -1.13. The van der Waals surface area contributed by atoms with E-state index in [1.54, 1.807) is 6.92 Å². The van der Waals surface area contributed by atoms with Gasteiger partial charge in [0.1, 0.15) is 18.1 Å². The van der Waals surface area contributed by atoms with Gasteiger partial charge >= 0.3 is 5.97 Å². The van der Waals surface area contributed by atoms with Crippen LogP contribution >= 0.6 is 0 Å². The van der Waals surface area contributed by atoms with Crippen LogP contribution in [0.1, 0.15) is 51.9 Å².